The fraction of sp³-hybridized carbons (Fsp3) is 0.278. The molecule has 1 aromatic heterocycles. The summed E-state index contributed by atoms with van der Waals surface area (Å²) >= 11 is 1.32. The van der Waals surface area contributed by atoms with E-state index >= 15 is 0 Å². The predicted octanol–water partition coefficient (Wildman–Crippen LogP) is 2.72. The first kappa shape index (κ1) is 16.5. The Morgan fingerprint density at radius 2 is 1.92 bits per heavy atom. The minimum Gasteiger partial charge on any atom is -0.487 e. The summed E-state index contributed by atoms with van der Waals surface area (Å²) in [7, 11) is 0. The molecule has 0 spiro atoms. The lowest BCUT2D eigenvalue weighted by molar-refractivity contribution is -0.117. The molecule has 1 unspecified atom stereocenters. The van der Waals surface area contributed by atoms with E-state index in [0.29, 0.717) is 18.2 Å². The minimum absolute atomic E-state index is 0.153. The Kier molecular flexibility index (Phi) is 5.15. The average molecular weight is 341 g/mol. The molecule has 5 nitrogen and oxygen atoms in total. The second kappa shape index (κ2) is 7.49. The first-order valence-corrected chi connectivity index (χ1v) is 8.72. The Morgan fingerprint density at radius 3 is 2.50 bits per heavy atom. The van der Waals surface area contributed by atoms with Crippen LogP contribution in [-0.4, -0.2) is 21.3 Å². The van der Waals surface area contributed by atoms with Gasteiger partial charge >= 0.3 is 0 Å². The van der Waals surface area contributed by atoms with Crippen LogP contribution in [0.1, 0.15) is 23.7 Å². The lowest BCUT2D eigenvalue weighted by atomic mass is 10.1. The van der Waals surface area contributed by atoms with E-state index in [0.717, 1.165) is 23.4 Å². The van der Waals surface area contributed by atoms with Crippen molar-refractivity contribution in [1.82, 2.24) is 4.98 Å². The van der Waals surface area contributed by atoms with Crippen LogP contribution in [0.25, 0.3) is 0 Å². The van der Waals surface area contributed by atoms with Crippen molar-refractivity contribution < 1.29 is 9.53 Å². The summed E-state index contributed by atoms with van der Waals surface area (Å²) in [4.78, 5) is 19.8. The highest BCUT2D eigenvalue weighted by Gasteiger charge is 2.26. The van der Waals surface area contributed by atoms with Gasteiger partial charge in [-0.15, -0.1) is 0 Å². The van der Waals surface area contributed by atoms with E-state index in [1.165, 1.54) is 17.3 Å². The Labute approximate surface area is 145 Å². The molecule has 0 radical (unpaired) electrons. The molecule has 0 saturated heterocycles. The quantitative estimate of drug-likeness (QED) is 0.874. The van der Waals surface area contributed by atoms with E-state index < -0.39 is 0 Å². The number of aliphatic imine (C=N–C) groups is 1. The van der Waals surface area contributed by atoms with Crippen molar-refractivity contribution in [3.05, 3.63) is 59.4 Å². The fourth-order valence-electron chi connectivity index (χ4n) is 2.37. The third-order valence-electron chi connectivity index (χ3n) is 3.78. The highest BCUT2D eigenvalue weighted by molar-refractivity contribution is 8.15. The maximum Gasteiger partial charge on any atom is 0.261 e. The Hall–Kier alpha value is -2.34. The van der Waals surface area contributed by atoms with Gasteiger partial charge in [0.1, 0.15) is 12.4 Å². The van der Waals surface area contributed by atoms with Gasteiger partial charge in [-0.25, -0.2) is 0 Å². The Bertz CT molecular complexity index is 742. The molecular weight excluding hydrogens is 322 g/mol. The zero-order valence-corrected chi connectivity index (χ0v) is 14.3. The molecule has 1 aliphatic heterocycles. The number of thioether (sulfide) groups is 1. The topological polar surface area (TPSA) is 77.6 Å². The highest BCUT2D eigenvalue weighted by atomic mass is 32.2. The van der Waals surface area contributed by atoms with Crippen LogP contribution < -0.4 is 10.5 Å². The second-order valence-electron chi connectivity index (χ2n) is 5.54. The van der Waals surface area contributed by atoms with E-state index in [1.54, 1.807) is 0 Å². The Morgan fingerprint density at radius 1 is 1.17 bits per heavy atom. The molecule has 0 aliphatic carbocycles. The number of pyridine rings is 1. The molecule has 2 heterocycles. The van der Waals surface area contributed by atoms with Gasteiger partial charge in [0.05, 0.1) is 10.9 Å². The number of carbonyl (C=O) groups is 1. The van der Waals surface area contributed by atoms with Gasteiger partial charge in [-0.3, -0.25) is 9.78 Å². The van der Waals surface area contributed by atoms with Crippen molar-refractivity contribution in [3.8, 4) is 5.75 Å². The monoisotopic (exact) mass is 341 g/mol. The molecule has 1 atom stereocenters. The molecule has 0 saturated carbocycles. The fourth-order valence-corrected chi connectivity index (χ4v) is 3.24. The largest absolute Gasteiger partial charge is 0.487 e. The summed E-state index contributed by atoms with van der Waals surface area (Å²) in [6.45, 7) is 2.54. The van der Waals surface area contributed by atoms with E-state index in [2.05, 4.69) is 23.0 Å². The minimum atomic E-state index is -0.210. The van der Waals surface area contributed by atoms with Crippen LogP contribution in [0.2, 0.25) is 0 Å². The van der Waals surface area contributed by atoms with Crippen LogP contribution in [-0.2, 0) is 24.2 Å². The predicted molar refractivity (Wildman–Crippen MR) is 96.1 cm³/mol. The molecule has 3 rings (SSSR count). The van der Waals surface area contributed by atoms with Gasteiger partial charge in [-0.2, -0.15) is 4.99 Å². The SMILES string of the molecule is CCc1ccc(COc2ccc(CC3SC(N)=NC3=O)cc2)nc1. The third-order valence-corrected chi connectivity index (χ3v) is 4.77. The first-order chi connectivity index (χ1) is 11.6. The number of aryl methyl sites for hydroxylation is 1. The standard InChI is InChI=1S/C18H19N3O2S/c1-2-12-3-6-14(20-10-12)11-23-15-7-4-13(5-8-15)9-16-17(22)21-18(19)24-16/h3-8,10,16H,2,9,11H2,1H3,(H2,19,21,22). The van der Waals surface area contributed by atoms with Crippen molar-refractivity contribution in [2.75, 3.05) is 0 Å². The maximum atomic E-state index is 11.6. The van der Waals surface area contributed by atoms with Crippen LogP contribution >= 0.6 is 11.8 Å². The molecule has 124 valence electrons. The third kappa shape index (κ3) is 4.14. The lowest BCUT2D eigenvalue weighted by Crippen LogP contribution is -2.14. The summed E-state index contributed by atoms with van der Waals surface area (Å²) in [5.41, 5.74) is 8.75. The molecule has 0 bridgehead atoms. The van der Waals surface area contributed by atoms with Crippen LogP contribution in [0, 0.1) is 0 Å². The number of aromatic nitrogens is 1. The molecule has 6 heteroatoms. The lowest BCUT2D eigenvalue weighted by Gasteiger charge is -2.09. The smallest absolute Gasteiger partial charge is 0.261 e. The number of nitrogens with two attached hydrogens (primary N) is 1. The number of rotatable bonds is 6. The van der Waals surface area contributed by atoms with E-state index in [4.69, 9.17) is 10.5 Å². The summed E-state index contributed by atoms with van der Waals surface area (Å²) in [6, 6.07) is 11.8. The highest BCUT2D eigenvalue weighted by Crippen LogP contribution is 2.24. The summed E-state index contributed by atoms with van der Waals surface area (Å²) in [5, 5.41) is 0.143. The van der Waals surface area contributed by atoms with Gasteiger partial charge < -0.3 is 10.5 Å². The van der Waals surface area contributed by atoms with E-state index in [1.807, 2.05) is 36.5 Å². The summed E-state index contributed by atoms with van der Waals surface area (Å²) in [6.07, 6.45) is 3.48. The number of hydrogen-bond acceptors (Lipinski definition) is 5. The van der Waals surface area contributed by atoms with E-state index in [9.17, 15) is 4.79 Å². The number of amidine groups is 1. The molecule has 24 heavy (non-hydrogen) atoms. The normalized spacial score (nSPS) is 17.0. The molecule has 1 aliphatic rings. The average Bonchev–Trinajstić information content (AvgIpc) is 2.92. The number of amides is 1. The number of ether oxygens (including phenoxy) is 1. The van der Waals surface area contributed by atoms with Crippen molar-refractivity contribution >= 4 is 22.8 Å². The molecule has 2 N–H and O–H groups in total. The summed E-state index contributed by atoms with van der Waals surface area (Å²) in [5.74, 6) is 0.626. The van der Waals surface area contributed by atoms with Crippen LogP contribution in [0.5, 0.6) is 5.75 Å². The zero-order valence-electron chi connectivity index (χ0n) is 13.4. The van der Waals surface area contributed by atoms with Gasteiger partial charge in [0.15, 0.2) is 5.17 Å². The van der Waals surface area contributed by atoms with Gasteiger partial charge in [-0.1, -0.05) is 36.9 Å². The second-order valence-corrected chi connectivity index (χ2v) is 6.77. The number of benzene rings is 1. The first-order valence-electron chi connectivity index (χ1n) is 7.84. The molecule has 1 aromatic carbocycles. The number of carbonyl (C=O) groups excluding carboxylic acids is 1. The van der Waals surface area contributed by atoms with Crippen LogP contribution in [0.4, 0.5) is 0 Å². The number of hydrogen-bond donors (Lipinski definition) is 1. The zero-order chi connectivity index (χ0) is 16.9. The molecular formula is C18H19N3O2S. The van der Waals surface area contributed by atoms with Crippen molar-refractivity contribution in [3.63, 3.8) is 0 Å². The van der Waals surface area contributed by atoms with Gasteiger partial charge in [0.25, 0.3) is 5.91 Å². The maximum absolute atomic E-state index is 11.6. The van der Waals surface area contributed by atoms with Gasteiger partial charge in [-0.05, 0) is 42.2 Å². The number of nitrogens with zero attached hydrogens (tertiary/aromatic N) is 2. The van der Waals surface area contributed by atoms with Crippen LogP contribution in [0.3, 0.4) is 0 Å². The van der Waals surface area contributed by atoms with Crippen molar-refractivity contribution in [2.24, 2.45) is 10.7 Å². The molecule has 0 fully saturated rings. The van der Waals surface area contributed by atoms with E-state index in [-0.39, 0.29) is 11.2 Å². The van der Waals surface area contributed by atoms with Gasteiger partial charge in [0, 0.05) is 6.20 Å². The van der Waals surface area contributed by atoms with Gasteiger partial charge in [0.2, 0.25) is 0 Å². The molecule has 2 aromatic rings. The van der Waals surface area contributed by atoms with Crippen LogP contribution in [0.15, 0.2) is 47.6 Å². The van der Waals surface area contributed by atoms with Crippen molar-refractivity contribution in [2.45, 2.75) is 31.6 Å². The van der Waals surface area contributed by atoms with Crippen molar-refractivity contribution in [1.29, 1.82) is 0 Å². The molecule has 1 amide bonds. The summed E-state index contributed by atoms with van der Waals surface area (Å²) < 4.78 is 5.75. The Balaban J connectivity index is 1.53.